The van der Waals surface area contributed by atoms with Gasteiger partial charge in [0, 0.05) is 37.0 Å². The Morgan fingerprint density at radius 1 is 1.20 bits per heavy atom. The van der Waals surface area contributed by atoms with Crippen LogP contribution < -0.4 is 9.62 Å². The number of nitro groups is 1. The van der Waals surface area contributed by atoms with Crippen molar-refractivity contribution in [1.82, 2.24) is 0 Å². The Morgan fingerprint density at radius 2 is 1.88 bits per heavy atom. The van der Waals surface area contributed by atoms with Gasteiger partial charge in [-0.3, -0.25) is 19.6 Å². The molecule has 1 aliphatic heterocycles. The molecule has 8 nitrogen and oxygen atoms in total. The van der Waals surface area contributed by atoms with Crippen LogP contribution in [0.2, 0.25) is 0 Å². The standard InChI is InChI=1S/C16H15N3O5S/c1-11(20)18-9-8-12-10-15(6-7-16(12)18)25(23,24)17-13-2-4-14(5-3-13)19(21)22/h2-7,10,17H,8-9H2,1H3. The van der Waals surface area contributed by atoms with Crippen molar-refractivity contribution in [3.05, 3.63) is 58.1 Å². The highest BCUT2D eigenvalue weighted by molar-refractivity contribution is 7.92. The quantitative estimate of drug-likeness (QED) is 0.664. The lowest BCUT2D eigenvalue weighted by atomic mass is 10.2. The first-order valence-electron chi connectivity index (χ1n) is 7.46. The minimum absolute atomic E-state index is 0.0787. The van der Waals surface area contributed by atoms with Gasteiger partial charge in [0.1, 0.15) is 0 Å². The van der Waals surface area contributed by atoms with Crippen LogP contribution in [-0.2, 0) is 21.2 Å². The van der Waals surface area contributed by atoms with Crippen molar-refractivity contribution < 1.29 is 18.1 Å². The van der Waals surface area contributed by atoms with E-state index in [1.165, 1.54) is 37.3 Å². The Hall–Kier alpha value is -2.94. The second-order valence-electron chi connectivity index (χ2n) is 5.62. The zero-order valence-corrected chi connectivity index (χ0v) is 14.1. The maximum absolute atomic E-state index is 12.5. The highest BCUT2D eigenvalue weighted by atomic mass is 32.2. The topological polar surface area (TPSA) is 110 Å². The summed E-state index contributed by atoms with van der Waals surface area (Å²) in [7, 11) is -3.83. The fraction of sp³-hybridized carbons (Fsp3) is 0.188. The molecule has 3 rings (SSSR count). The van der Waals surface area contributed by atoms with E-state index in [1.807, 2.05) is 0 Å². The van der Waals surface area contributed by atoms with E-state index in [0.717, 1.165) is 11.3 Å². The molecule has 0 radical (unpaired) electrons. The molecule has 1 N–H and O–H groups in total. The van der Waals surface area contributed by atoms with Crippen molar-refractivity contribution >= 4 is 33.0 Å². The zero-order valence-electron chi connectivity index (χ0n) is 13.3. The number of hydrogen-bond donors (Lipinski definition) is 1. The second kappa shape index (κ2) is 6.17. The number of fused-ring (bicyclic) bond motifs is 1. The van der Waals surface area contributed by atoms with Crippen LogP contribution in [0.1, 0.15) is 12.5 Å². The van der Waals surface area contributed by atoms with Crippen LogP contribution in [0.15, 0.2) is 47.4 Å². The lowest BCUT2D eigenvalue weighted by Crippen LogP contribution is -2.25. The van der Waals surface area contributed by atoms with Crippen LogP contribution in [0.3, 0.4) is 0 Å². The molecule has 1 amide bonds. The van der Waals surface area contributed by atoms with E-state index in [0.29, 0.717) is 13.0 Å². The summed E-state index contributed by atoms with van der Waals surface area (Å²) in [5, 5.41) is 10.6. The lowest BCUT2D eigenvalue weighted by molar-refractivity contribution is -0.384. The van der Waals surface area contributed by atoms with Crippen molar-refractivity contribution in [3.8, 4) is 0 Å². The summed E-state index contributed by atoms with van der Waals surface area (Å²) in [5.74, 6) is -0.0848. The SMILES string of the molecule is CC(=O)N1CCc2cc(S(=O)(=O)Nc3ccc([N+](=O)[O-])cc3)ccc21. The molecule has 0 bridgehead atoms. The predicted molar refractivity (Wildman–Crippen MR) is 92.1 cm³/mol. The predicted octanol–water partition coefficient (Wildman–Crippen LogP) is 2.30. The monoisotopic (exact) mass is 361 g/mol. The number of non-ortho nitro benzene ring substituents is 1. The van der Waals surface area contributed by atoms with Crippen LogP contribution in [0.5, 0.6) is 0 Å². The molecule has 9 heteroatoms. The molecule has 0 atom stereocenters. The van der Waals surface area contributed by atoms with E-state index < -0.39 is 14.9 Å². The second-order valence-corrected chi connectivity index (χ2v) is 7.30. The van der Waals surface area contributed by atoms with Crippen LogP contribution in [-0.4, -0.2) is 25.8 Å². The van der Waals surface area contributed by atoms with Gasteiger partial charge in [0.05, 0.1) is 9.82 Å². The molecule has 25 heavy (non-hydrogen) atoms. The van der Waals surface area contributed by atoms with Crippen LogP contribution in [0.4, 0.5) is 17.1 Å². The smallest absolute Gasteiger partial charge is 0.269 e. The van der Waals surface area contributed by atoms with E-state index in [4.69, 9.17) is 0 Å². The molecule has 130 valence electrons. The number of nitrogens with one attached hydrogen (secondary N) is 1. The Bertz CT molecular complexity index is 954. The fourth-order valence-corrected chi connectivity index (χ4v) is 3.85. The molecule has 0 spiro atoms. The number of anilines is 2. The molecule has 0 aliphatic carbocycles. The summed E-state index contributed by atoms with van der Waals surface area (Å²) in [4.78, 5) is 23.3. The van der Waals surface area contributed by atoms with Crippen molar-refractivity contribution in [2.24, 2.45) is 0 Å². The molecule has 1 aliphatic rings. The molecule has 0 aromatic heterocycles. The molecule has 0 fully saturated rings. The summed E-state index contributed by atoms with van der Waals surface area (Å²) >= 11 is 0. The number of nitrogens with zero attached hydrogens (tertiary/aromatic N) is 2. The molecular formula is C16H15N3O5S. The van der Waals surface area contributed by atoms with E-state index in [1.54, 1.807) is 17.0 Å². The van der Waals surface area contributed by atoms with Crippen molar-refractivity contribution in [3.63, 3.8) is 0 Å². The third-order valence-corrected chi connectivity index (χ3v) is 5.35. The van der Waals surface area contributed by atoms with Crippen LogP contribution >= 0.6 is 0 Å². The number of amides is 1. The van der Waals surface area contributed by atoms with Gasteiger partial charge in [-0.05, 0) is 42.3 Å². The third kappa shape index (κ3) is 3.31. The lowest BCUT2D eigenvalue weighted by Gasteiger charge is -2.15. The van der Waals surface area contributed by atoms with Gasteiger partial charge in [-0.15, -0.1) is 0 Å². The van der Waals surface area contributed by atoms with Gasteiger partial charge in [-0.1, -0.05) is 0 Å². The molecule has 1 heterocycles. The van der Waals surface area contributed by atoms with Gasteiger partial charge < -0.3 is 4.90 Å². The molecule has 2 aromatic carbocycles. The zero-order chi connectivity index (χ0) is 18.2. The first-order chi connectivity index (χ1) is 11.8. The highest BCUT2D eigenvalue weighted by Gasteiger charge is 2.24. The summed E-state index contributed by atoms with van der Waals surface area (Å²) in [6.45, 7) is 2.00. The van der Waals surface area contributed by atoms with E-state index in [9.17, 15) is 23.3 Å². The maximum Gasteiger partial charge on any atom is 0.269 e. The average Bonchev–Trinajstić information content (AvgIpc) is 2.98. The molecule has 0 unspecified atom stereocenters. The molecule has 2 aromatic rings. The van der Waals surface area contributed by atoms with Crippen LogP contribution in [0.25, 0.3) is 0 Å². The number of nitro benzene ring substituents is 1. The van der Waals surface area contributed by atoms with Gasteiger partial charge in [0.25, 0.3) is 15.7 Å². The number of carbonyl (C=O) groups excluding carboxylic acids is 1. The highest BCUT2D eigenvalue weighted by Crippen LogP contribution is 2.31. The van der Waals surface area contributed by atoms with Crippen molar-refractivity contribution in [1.29, 1.82) is 0 Å². The normalized spacial score (nSPS) is 13.4. The third-order valence-electron chi connectivity index (χ3n) is 3.97. The molecule has 0 saturated heterocycles. The summed E-state index contributed by atoms with van der Waals surface area (Å²) in [6, 6.07) is 9.73. The number of benzene rings is 2. The van der Waals surface area contributed by atoms with E-state index in [-0.39, 0.29) is 22.2 Å². The van der Waals surface area contributed by atoms with Crippen molar-refractivity contribution in [2.75, 3.05) is 16.2 Å². The van der Waals surface area contributed by atoms with Gasteiger partial charge >= 0.3 is 0 Å². The fourth-order valence-electron chi connectivity index (χ4n) is 2.74. The summed E-state index contributed by atoms with van der Waals surface area (Å²) in [6.07, 6.45) is 0.593. The largest absolute Gasteiger partial charge is 0.312 e. The van der Waals surface area contributed by atoms with Crippen molar-refractivity contribution in [2.45, 2.75) is 18.2 Å². The number of sulfonamides is 1. The molecule has 0 saturated carbocycles. The summed E-state index contributed by atoms with van der Waals surface area (Å²) < 4.78 is 27.4. The minimum atomic E-state index is -3.83. The Kier molecular flexibility index (Phi) is 4.17. The number of hydrogen-bond acceptors (Lipinski definition) is 5. The van der Waals surface area contributed by atoms with E-state index >= 15 is 0 Å². The van der Waals surface area contributed by atoms with E-state index in [2.05, 4.69) is 4.72 Å². The summed E-state index contributed by atoms with van der Waals surface area (Å²) in [5.41, 5.74) is 1.63. The maximum atomic E-state index is 12.5. The Morgan fingerprint density at radius 3 is 2.48 bits per heavy atom. The van der Waals surface area contributed by atoms with Gasteiger partial charge in [-0.25, -0.2) is 8.42 Å². The van der Waals surface area contributed by atoms with Crippen LogP contribution in [0, 0.1) is 10.1 Å². The first kappa shape index (κ1) is 16.9. The van der Waals surface area contributed by atoms with Gasteiger partial charge in [0.2, 0.25) is 5.91 Å². The average molecular weight is 361 g/mol. The Balaban J connectivity index is 1.86. The van der Waals surface area contributed by atoms with Gasteiger partial charge in [-0.2, -0.15) is 0 Å². The number of rotatable bonds is 4. The minimum Gasteiger partial charge on any atom is -0.312 e. The Labute approximate surface area is 144 Å². The number of carbonyl (C=O) groups is 1. The first-order valence-corrected chi connectivity index (χ1v) is 8.94. The molecular weight excluding hydrogens is 346 g/mol. The van der Waals surface area contributed by atoms with Gasteiger partial charge in [0.15, 0.2) is 0 Å².